The molecule has 0 spiro atoms. The maximum absolute atomic E-state index is 14.2. The van der Waals surface area contributed by atoms with Gasteiger partial charge in [0.2, 0.25) is 5.89 Å². The maximum atomic E-state index is 14.2. The number of halogens is 2. The predicted octanol–water partition coefficient (Wildman–Crippen LogP) is 6.98. The first kappa shape index (κ1) is 18.2. The lowest BCUT2D eigenvalue weighted by molar-refractivity contribution is 0.298. The second kappa shape index (κ2) is 7.52. The van der Waals surface area contributed by atoms with Crippen molar-refractivity contribution in [3.63, 3.8) is 0 Å². The molecular weight excluding hydrogens is 437 g/mol. The molecule has 0 N–H and O–H groups in total. The summed E-state index contributed by atoms with van der Waals surface area (Å²) in [7, 11) is 0. The van der Waals surface area contributed by atoms with Crippen molar-refractivity contribution in [1.29, 1.82) is 0 Å². The zero-order valence-corrected chi connectivity index (χ0v) is 17.0. The molecule has 0 atom stereocenters. The molecule has 0 saturated heterocycles. The molecule has 6 heteroatoms. The van der Waals surface area contributed by atoms with E-state index in [9.17, 15) is 4.39 Å². The van der Waals surface area contributed by atoms with Gasteiger partial charge in [0.25, 0.3) is 0 Å². The Balaban J connectivity index is 1.32. The monoisotopic (exact) mass is 453 g/mol. The standard InChI is InChI=1S/C23H17BrFNO3/c24-19-10-11-20-22(21(19)25)29-23(26-20)15-6-8-16(9-7-15)28-18-3-1-2-17(12-18)27-13-14-4-5-14/h1-3,6-12,14H,4-5,13H2. The minimum atomic E-state index is -0.454. The lowest BCUT2D eigenvalue weighted by atomic mass is 10.2. The number of hydrogen-bond acceptors (Lipinski definition) is 4. The van der Waals surface area contributed by atoms with Crippen LogP contribution < -0.4 is 9.47 Å². The molecule has 0 unspecified atom stereocenters. The van der Waals surface area contributed by atoms with Gasteiger partial charge in [-0.25, -0.2) is 9.37 Å². The Labute approximate surface area is 175 Å². The van der Waals surface area contributed by atoms with Crippen LogP contribution in [0.15, 0.2) is 69.6 Å². The fraction of sp³-hybridized carbons (Fsp3) is 0.174. The summed E-state index contributed by atoms with van der Waals surface area (Å²) in [4.78, 5) is 4.37. The van der Waals surface area contributed by atoms with Gasteiger partial charge in [0, 0.05) is 11.6 Å². The Morgan fingerprint density at radius 1 is 1.00 bits per heavy atom. The maximum Gasteiger partial charge on any atom is 0.227 e. The molecule has 4 aromatic rings. The normalized spacial score (nSPS) is 13.6. The topological polar surface area (TPSA) is 44.5 Å². The third-order valence-corrected chi connectivity index (χ3v) is 5.39. The Kier molecular flexibility index (Phi) is 4.72. The highest BCUT2D eigenvalue weighted by Crippen LogP contribution is 2.33. The van der Waals surface area contributed by atoms with Crippen molar-refractivity contribution in [2.45, 2.75) is 12.8 Å². The lowest BCUT2D eigenvalue weighted by Crippen LogP contribution is -1.98. The van der Waals surface area contributed by atoms with Crippen molar-refractivity contribution in [2.75, 3.05) is 6.61 Å². The summed E-state index contributed by atoms with van der Waals surface area (Å²) in [5.74, 6) is 2.81. The first-order chi connectivity index (χ1) is 14.2. The Bertz CT molecular complexity index is 1170. The van der Waals surface area contributed by atoms with Crippen molar-refractivity contribution < 1.29 is 18.3 Å². The Hall–Kier alpha value is -2.86. The van der Waals surface area contributed by atoms with Gasteiger partial charge in [-0.2, -0.15) is 0 Å². The van der Waals surface area contributed by atoms with E-state index in [2.05, 4.69) is 20.9 Å². The fourth-order valence-electron chi connectivity index (χ4n) is 2.99. The van der Waals surface area contributed by atoms with Gasteiger partial charge in [0.15, 0.2) is 11.4 Å². The summed E-state index contributed by atoms with van der Waals surface area (Å²) >= 11 is 3.16. The molecule has 4 nitrogen and oxygen atoms in total. The second-order valence-electron chi connectivity index (χ2n) is 7.08. The molecule has 1 fully saturated rings. The van der Waals surface area contributed by atoms with Crippen LogP contribution in [0.1, 0.15) is 12.8 Å². The van der Waals surface area contributed by atoms with E-state index in [0.717, 1.165) is 17.9 Å². The highest BCUT2D eigenvalue weighted by molar-refractivity contribution is 9.10. The number of benzene rings is 3. The van der Waals surface area contributed by atoms with Crippen LogP contribution in [0.5, 0.6) is 17.2 Å². The smallest absolute Gasteiger partial charge is 0.227 e. The molecule has 0 aliphatic heterocycles. The molecule has 1 aromatic heterocycles. The van der Waals surface area contributed by atoms with Crippen LogP contribution in [0.25, 0.3) is 22.6 Å². The van der Waals surface area contributed by atoms with Gasteiger partial charge in [0.05, 0.1) is 11.1 Å². The van der Waals surface area contributed by atoms with Gasteiger partial charge < -0.3 is 13.9 Å². The molecule has 1 heterocycles. The van der Waals surface area contributed by atoms with Gasteiger partial charge >= 0.3 is 0 Å². The van der Waals surface area contributed by atoms with Crippen LogP contribution in [-0.4, -0.2) is 11.6 Å². The van der Waals surface area contributed by atoms with Crippen molar-refractivity contribution in [2.24, 2.45) is 5.92 Å². The third-order valence-electron chi connectivity index (χ3n) is 4.78. The van der Waals surface area contributed by atoms with E-state index >= 15 is 0 Å². The van der Waals surface area contributed by atoms with Crippen LogP contribution in [0.2, 0.25) is 0 Å². The van der Waals surface area contributed by atoms with Crippen molar-refractivity contribution >= 4 is 27.0 Å². The minimum absolute atomic E-state index is 0.137. The summed E-state index contributed by atoms with van der Waals surface area (Å²) in [5.41, 5.74) is 1.35. The van der Waals surface area contributed by atoms with Gasteiger partial charge in [-0.3, -0.25) is 0 Å². The average Bonchev–Trinajstić information content (AvgIpc) is 3.47. The molecular formula is C23H17BrFNO3. The second-order valence-corrected chi connectivity index (χ2v) is 7.94. The number of rotatable bonds is 6. The minimum Gasteiger partial charge on any atom is -0.493 e. The van der Waals surface area contributed by atoms with E-state index in [1.54, 1.807) is 12.1 Å². The number of nitrogens with zero attached hydrogens (tertiary/aromatic N) is 1. The van der Waals surface area contributed by atoms with Crippen molar-refractivity contribution in [3.8, 4) is 28.7 Å². The van der Waals surface area contributed by atoms with E-state index in [1.165, 1.54) is 12.8 Å². The number of oxazole rings is 1. The summed E-state index contributed by atoms with van der Waals surface area (Å²) in [6, 6.07) is 18.3. The number of hydrogen-bond donors (Lipinski definition) is 0. The van der Waals surface area contributed by atoms with Crippen LogP contribution in [0.4, 0.5) is 4.39 Å². The molecule has 5 rings (SSSR count). The highest BCUT2D eigenvalue weighted by atomic mass is 79.9. The molecule has 0 radical (unpaired) electrons. The first-order valence-electron chi connectivity index (χ1n) is 9.41. The van der Waals surface area contributed by atoms with Crippen molar-refractivity contribution in [3.05, 3.63) is 71.0 Å². The summed E-state index contributed by atoms with van der Waals surface area (Å²) in [6.07, 6.45) is 2.51. The zero-order valence-electron chi connectivity index (χ0n) is 15.4. The lowest BCUT2D eigenvalue weighted by Gasteiger charge is -2.09. The summed E-state index contributed by atoms with van der Waals surface area (Å²) < 4.78 is 31.8. The average molecular weight is 454 g/mol. The number of fused-ring (bicyclic) bond motifs is 1. The molecule has 1 aliphatic carbocycles. The molecule has 0 amide bonds. The van der Waals surface area contributed by atoms with Crippen LogP contribution in [0, 0.1) is 11.7 Å². The van der Waals surface area contributed by atoms with Crippen LogP contribution >= 0.6 is 15.9 Å². The fourth-order valence-corrected chi connectivity index (χ4v) is 3.30. The molecule has 0 bridgehead atoms. The Morgan fingerprint density at radius 2 is 1.79 bits per heavy atom. The van der Waals surface area contributed by atoms with Crippen molar-refractivity contribution in [1.82, 2.24) is 4.98 Å². The van der Waals surface area contributed by atoms with E-state index in [0.29, 0.717) is 33.3 Å². The van der Waals surface area contributed by atoms with Gasteiger partial charge in [-0.1, -0.05) is 6.07 Å². The van der Waals surface area contributed by atoms with E-state index in [4.69, 9.17) is 13.9 Å². The largest absolute Gasteiger partial charge is 0.493 e. The van der Waals surface area contributed by atoms with Crippen LogP contribution in [-0.2, 0) is 0 Å². The molecule has 146 valence electrons. The third kappa shape index (κ3) is 3.98. The van der Waals surface area contributed by atoms with Crippen LogP contribution in [0.3, 0.4) is 0 Å². The van der Waals surface area contributed by atoms with Gasteiger partial charge in [-0.15, -0.1) is 0 Å². The highest BCUT2D eigenvalue weighted by Gasteiger charge is 2.22. The zero-order chi connectivity index (χ0) is 19.8. The van der Waals surface area contributed by atoms with E-state index < -0.39 is 5.82 Å². The first-order valence-corrected chi connectivity index (χ1v) is 10.2. The summed E-state index contributed by atoms with van der Waals surface area (Å²) in [6.45, 7) is 0.764. The molecule has 1 saturated carbocycles. The van der Waals surface area contributed by atoms with Gasteiger partial charge in [-0.05, 0) is 83.2 Å². The van der Waals surface area contributed by atoms with E-state index in [1.807, 2.05) is 48.5 Å². The number of ether oxygens (including phenoxy) is 2. The summed E-state index contributed by atoms with van der Waals surface area (Å²) in [5, 5.41) is 0. The molecule has 3 aromatic carbocycles. The predicted molar refractivity (Wildman–Crippen MR) is 112 cm³/mol. The SMILES string of the molecule is Fc1c(Br)ccc2nc(-c3ccc(Oc4cccc(OCC5CC5)c4)cc3)oc12. The molecule has 1 aliphatic rings. The Morgan fingerprint density at radius 3 is 2.59 bits per heavy atom. The molecule has 29 heavy (non-hydrogen) atoms. The van der Waals surface area contributed by atoms with E-state index in [-0.39, 0.29) is 5.58 Å². The number of aromatic nitrogens is 1. The quantitative estimate of drug-likeness (QED) is 0.315. The van der Waals surface area contributed by atoms with Gasteiger partial charge in [0.1, 0.15) is 22.8 Å².